The number of nitriles is 2. The summed E-state index contributed by atoms with van der Waals surface area (Å²) in [5.41, 5.74) is 11.4. The summed E-state index contributed by atoms with van der Waals surface area (Å²) < 4.78 is 2.06. The van der Waals surface area contributed by atoms with Gasteiger partial charge < -0.3 is 4.57 Å². The minimum atomic E-state index is -0.408. The van der Waals surface area contributed by atoms with E-state index >= 15 is 4.79 Å². The number of rotatable bonds is 6. The second-order valence-corrected chi connectivity index (χ2v) is 14.1. The third-order valence-electron chi connectivity index (χ3n) is 10.9. The molecule has 2 amide bonds. The molecule has 10 rings (SSSR count). The third-order valence-corrected chi connectivity index (χ3v) is 10.9. The predicted molar refractivity (Wildman–Crippen MR) is 227 cm³/mol. The molecule has 1 aliphatic rings. The first-order chi connectivity index (χ1) is 28.5. The number of pyridine rings is 1. The van der Waals surface area contributed by atoms with Gasteiger partial charge in [-0.05, 0) is 94.0 Å². The molecule has 0 fully saturated rings. The molecule has 3 heterocycles. The number of carbonyl (C=O) groups excluding carboxylic acids is 2. The van der Waals surface area contributed by atoms with Crippen molar-refractivity contribution in [2.45, 2.75) is 0 Å². The second-order valence-electron chi connectivity index (χ2n) is 14.1. The van der Waals surface area contributed by atoms with Crippen molar-refractivity contribution in [3.63, 3.8) is 0 Å². The van der Waals surface area contributed by atoms with Gasteiger partial charge in [-0.15, -0.1) is 0 Å². The summed E-state index contributed by atoms with van der Waals surface area (Å²) in [5, 5.41) is 21.1. The molecule has 0 atom stereocenters. The Labute approximate surface area is 333 Å². The molecule has 2 aromatic heterocycles. The highest BCUT2D eigenvalue weighted by atomic mass is 16.2. The van der Waals surface area contributed by atoms with Crippen LogP contribution in [0.4, 0.5) is 5.69 Å². The first-order valence-electron chi connectivity index (χ1n) is 18.7. The lowest BCUT2D eigenvalue weighted by Gasteiger charge is -2.22. The fourth-order valence-electron chi connectivity index (χ4n) is 8.23. The SMILES string of the molecule is N#Cc1cccc(-c2ccc3c(c2)c2cc(-c4cncc(C#N)c4)ccc2n3-c2cccc3c2C(=O)N(c2cccc(-c4ccccc4)c2-c2ccccc2)C3=O)c1. The van der Waals surface area contributed by atoms with Gasteiger partial charge in [0, 0.05) is 34.3 Å². The maximum absolute atomic E-state index is 15.1. The number of fused-ring (bicyclic) bond motifs is 4. The average Bonchev–Trinajstić information content (AvgIpc) is 3.75. The fourth-order valence-corrected chi connectivity index (χ4v) is 8.23. The molecule has 7 nitrogen and oxygen atoms in total. The van der Waals surface area contributed by atoms with E-state index in [1.165, 1.54) is 11.1 Å². The van der Waals surface area contributed by atoms with E-state index < -0.39 is 11.8 Å². The van der Waals surface area contributed by atoms with Gasteiger partial charge in [-0.3, -0.25) is 14.6 Å². The number of carbonyl (C=O) groups is 2. The molecule has 270 valence electrons. The highest BCUT2D eigenvalue weighted by Gasteiger charge is 2.40. The number of benzene rings is 7. The first kappa shape index (κ1) is 34.1. The predicted octanol–water partition coefficient (Wildman–Crippen LogP) is 11.4. The molecule has 1 aliphatic heterocycles. The van der Waals surface area contributed by atoms with Crippen molar-refractivity contribution in [3.05, 3.63) is 198 Å². The van der Waals surface area contributed by atoms with Crippen LogP contribution in [0.1, 0.15) is 31.8 Å². The molecular weight excluding hydrogens is 715 g/mol. The Morgan fingerprint density at radius 2 is 1.00 bits per heavy atom. The van der Waals surface area contributed by atoms with Crippen LogP contribution < -0.4 is 4.90 Å². The maximum Gasteiger partial charge on any atom is 0.268 e. The minimum absolute atomic E-state index is 0.316. The first-order valence-corrected chi connectivity index (χ1v) is 18.7. The lowest BCUT2D eigenvalue weighted by Crippen LogP contribution is -2.30. The summed E-state index contributed by atoms with van der Waals surface area (Å²) >= 11 is 0. The lowest BCUT2D eigenvalue weighted by molar-refractivity contribution is 0.0926. The lowest BCUT2D eigenvalue weighted by atomic mass is 9.92. The summed E-state index contributed by atoms with van der Waals surface area (Å²) in [6, 6.07) is 57.0. The molecule has 58 heavy (non-hydrogen) atoms. The van der Waals surface area contributed by atoms with E-state index in [1.807, 2.05) is 140 Å². The van der Waals surface area contributed by atoms with Crippen LogP contribution in [0.3, 0.4) is 0 Å². The van der Waals surface area contributed by atoms with Gasteiger partial charge in [0.2, 0.25) is 0 Å². The van der Waals surface area contributed by atoms with Crippen molar-refractivity contribution < 1.29 is 9.59 Å². The number of hydrogen-bond donors (Lipinski definition) is 0. The zero-order valence-corrected chi connectivity index (χ0v) is 30.8. The van der Waals surface area contributed by atoms with E-state index in [2.05, 4.69) is 33.8 Å². The van der Waals surface area contributed by atoms with Gasteiger partial charge in [0.15, 0.2) is 0 Å². The standard InChI is InChI=1S/C51H29N5O2/c52-28-32-10-7-15-36(24-32)37-20-22-44-42(26-37)43-27-38(39-25-33(29-53)30-54-31-39)21-23-45(43)55(44)47-19-9-17-41-49(47)51(58)56(50(41)57)46-18-8-16-40(34-11-3-1-4-12-34)48(46)35-13-5-2-6-14-35/h1-27,30-31H. The third kappa shape index (κ3) is 5.46. The van der Waals surface area contributed by atoms with Crippen molar-refractivity contribution in [1.29, 1.82) is 10.5 Å². The molecule has 7 aromatic carbocycles. The largest absolute Gasteiger partial charge is 0.308 e. The molecule has 0 unspecified atom stereocenters. The Morgan fingerprint density at radius 1 is 0.431 bits per heavy atom. The quantitative estimate of drug-likeness (QED) is 0.158. The number of aromatic nitrogens is 2. The Morgan fingerprint density at radius 3 is 1.69 bits per heavy atom. The summed E-state index contributed by atoms with van der Waals surface area (Å²) in [5.74, 6) is -0.800. The van der Waals surface area contributed by atoms with Crippen LogP contribution in [-0.2, 0) is 0 Å². The second kappa shape index (κ2) is 13.7. The van der Waals surface area contributed by atoms with Gasteiger partial charge in [-0.2, -0.15) is 10.5 Å². The molecule has 0 N–H and O–H groups in total. The number of amides is 2. The zero-order valence-electron chi connectivity index (χ0n) is 30.8. The molecular formula is C51H29N5O2. The van der Waals surface area contributed by atoms with Crippen molar-refractivity contribution in [2.24, 2.45) is 0 Å². The Bertz CT molecular complexity index is 3130. The number of imide groups is 1. The minimum Gasteiger partial charge on any atom is -0.308 e. The fraction of sp³-hybridized carbons (Fsp3) is 0. The van der Waals surface area contributed by atoms with E-state index in [4.69, 9.17) is 0 Å². The van der Waals surface area contributed by atoms with Crippen molar-refractivity contribution in [1.82, 2.24) is 9.55 Å². The van der Waals surface area contributed by atoms with Crippen LogP contribution in [0.25, 0.3) is 72.0 Å². The molecule has 0 saturated heterocycles. The van der Waals surface area contributed by atoms with Crippen LogP contribution in [-0.4, -0.2) is 21.4 Å². The Hall–Kier alpha value is -8.39. The Kier molecular flexibility index (Phi) is 8.07. The van der Waals surface area contributed by atoms with Crippen LogP contribution in [0, 0.1) is 22.7 Å². The molecule has 7 heteroatoms. The summed E-state index contributed by atoms with van der Waals surface area (Å²) in [6.45, 7) is 0. The average molecular weight is 744 g/mol. The van der Waals surface area contributed by atoms with Crippen molar-refractivity contribution in [2.75, 3.05) is 4.90 Å². The zero-order chi connectivity index (χ0) is 39.3. The summed E-state index contributed by atoms with van der Waals surface area (Å²) in [6.07, 6.45) is 3.27. The van der Waals surface area contributed by atoms with Crippen molar-refractivity contribution >= 4 is 39.3 Å². The van der Waals surface area contributed by atoms with E-state index in [-0.39, 0.29) is 0 Å². The molecule has 0 bridgehead atoms. The number of anilines is 1. The number of nitrogens with zero attached hydrogens (tertiary/aromatic N) is 5. The Balaban J connectivity index is 1.19. The highest BCUT2D eigenvalue weighted by molar-refractivity contribution is 6.37. The molecule has 0 radical (unpaired) electrons. The van der Waals surface area contributed by atoms with Gasteiger partial charge in [-0.25, -0.2) is 4.90 Å². The van der Waals surface area contributed by atoms with Crippen molar-refractivity contribution in [3.8, 4) is 62.3 Å². The molecule has 0 saturated carbocycles. The van der Waals surface area contributed by atoms with Gasteiger partial charge in [0.1, 0.15) is 6.07 Å². The van der Waals surface area contributed by atoms with Crippen LogP contribution >= 0.6 is 0 Å². The smallest absolute Gasteiger partial charge is 0.268 e. The normalized spacial score (nSPS) is 12.1. The monoisotopic (exact) mass is 743 g/mol. The summed E-state index contributed by atoms with van der Waals surface area (Å²) in [7, 11) is 0. The van der Waals surface area contributed by atoms with E-state index in [1.54, 1.807) is 18.3 Å². The topological polar surface area (TPSA) is 103 Å². The van der Waals surface area contributed by atoms with Gasteiger partial charge in [0.25, 0.3) is 11.8 Å². The van der Waals surface area contributed by atoms with E-state index in [0.29, 0.717) is 33.6 Å². The van der Waals surface area contributed by atoms with Gasteiger partial charge in [-0.1, -0.05) is 103 Å². The van der Waals surface area contributed by atoms with E-state index in [9.17, 15) is 15.3 Å². The van der Waals surface area contributed by atoms with Gasteiger partial charge >= 0.3 is 0 Å². The van der Waals surface area contributed by atoms with Crippen LogP contribution in [0.2, 0.25) is 0 Å². The van der Waals surface area contributed by atoms with Gasteiger partial charge in [0.05, 0.1) is 50.7 Å². The van der Waals surface area contributed by atoms with Crippen LogP contribution in [0.5, 0.6) is 0 Å². The molecule has 0 spiro atoms. The number of hydrogen-bond acceptors (Lipinski definition) is 5. The summed E-state index contributed by atoms with van der Waals surface area (Å²) in [4.78, 5) is 35.3. The van der Waals surface area contributed by atoms with Crippen LogP contribution in [0.15, 0.2) is 176 Å². The highest BCUT2D eigenvalue weighted by Crippen LogP contribution is 2.44. The maximum atomic E-state index is 15.1. The molecule has 0 aliphatic carbocycles. The van der Waals surface area contributed by atoms with E-state index in [0.717, 1.165) is 66.3 Å². The molecule has 9 aromatic rings.